The number of benzene rings is 1. The van der Waals surface area contributed by atoms with E-state index in [1.54, 1.807) is 22.3 Å². The molecule has 0 aromatic heterocycles. The Balaban J connectivity index is 3.37. The molecule has 0 saturated carbocycles. The predicted molar refractivity (Wildman–Crippen MR) is 143 cm³/mol. The largest absolute Gasteiger partial charge is 0.0654 e. The lowest BCUT2D eigenvalue weighted by molar-refractivity contribution is 0.656. The van der Waals surface area contributed by atoms with E-state index in [0.29, 0.717) is 0 Å². The quantitative estimate of drug-likeness (QED) is 0.181. The zero-order valence-corrected chi connectivity index (χ0v) is 22.2. The lowest BCUT2D eigenvalue weighted by Gasteiger charge is -2.24. The number of hydrogen-bond acceptors (Lipinski definition) is 0. The summed E-state index contributed by atoms with van der Waals surface area (Å²) in [5.74, 6) is 0. The fourth-order valence-electron chi connectivity index (χ4n) is 5.11. The molecule has 31 heavy (non-hydrogen) atoms. The van der Waals surface area contributed by atoms with Crippen molar-refractivity contribution >= 4 is 0 Å². The fourth-order valence-corrected chi connectivity index (χ4v) is 5.11. The first kappa shape index (κ1) is 28.3. The summed E-state index contributed by atoms with van der Waals surface area (Å²) in [6, 6.07) is 2.71. The van der Waals surface area contributed by atoms with E-state index in [1.165, 1.54) is 128 Å². The molecule has 1 rings (SSSR count). The van der Waals surface area contributed by atoms with Crippen molar-refractivity contribution < 1.29 is 0 Å². The second kappa shape index (κ2) is 18.8. The van der Waals surface area contributed by atoms with Gasteiger partial charge in [0.25, 0.3) is 0 Å². The summed E-state index contributed by atoms with van der Waals surface area (Å²) in [6.07, 6.45) is 27.0. The van der Waals surface area contributed by atoms with Crippen LogP contribution in [0, 0.1) is 0 Å². The van der Waals surface area contributed by atoms with E-state index in [0.717, 1.165) is 0 Å². The Bertz CT molecular complexity index is 511. The van der Waals surface area contributed by atoms with Gasteiger partial charge in [0.05, 0.1) is 0 Å². The maximum Gasteiger partial charge on any atom is -0.0273 e. The van der Waals surface area contributed by atoms with E-state index < -0.39 is 0 Å². The highest BCUT2D eigenvalue weighted by Crippen LogP contribution is 2.31. The Labute approximate surface area is 197 Å². The average Bonchev–Trinajstić information content (AvgIpc) is 2.77. The van der Waals surface area contributed by atoms with Crippen LogP contribution in [-0.4, -0.2) is 0 Å². The van der Waals surface area contributed by atoms with Crippen LogP contribution in [0.4, 0.5) is 0 Å². The van der Waals surface area contributed by atoms with Gasteiger partial charge in [0.15, 0.2) is 0 Å². The average molecular weight is 429 g/mol. The van der Waals surface area contributed by atoms with Gasteiger partial charge in [0.2, 0.25) is 0 Å². The molecule has 0 atom stereocenters. The second-order valence-corrected chi connectivity index (χ2v) is 9.92. The molecule has 0 radical (unpaired) electrons. The first-order chi connectivity index (χ1) is 15.2. The topological polar surface area (TPSA) is 0 Å². The van der Waals surface area contributed by atoms with E-state index in [2.05, 4.69) is 40.7 Å². The molecule has 180 valence electrons. The molecule has 0 aliphatic heterocycles. The zero-order chi connectivity index (χ0) is 22.7. The van der Waals surface area contributed by atoms with E-state index in [9.17, 15) is 0 Å². The molecule has 0 nitrogen and oxygen atoms in total. The molecule has 0 spiro atoms. The van der Waals surface area contributed by atoms with Gasteiger partial charge in [-0.1, -0.05) is 105 Å². The summed E-state index contributed by atoms with van der Waals surface area (Å²) >= 11 is 0. The SMILES string of the molecule is CCCCCc1cc(CCCCC)c(CCCCC)c(CCCCC)c1CCCCC. The van der Waals surface area contributed by atoms with Crippen LogP contribution in [0.1, 0.15) is 159 Å². The van der Waals surface area contributed by atoms with Crippen molar-refractivity contribution in [3.05, 3.63) is 33.9 Å². The monoisotopic (exact) mass is 428 g/mol. The number of hydrogen-bond donors (Lipinski definition) is 0. The first-order valence-corrected chi connectivity index (χ1v) is 14.4. The van der Waals surface area contributed by atoms with Crippen molar-refractivity contribution in [2.75, 3.05) is 0 Å². The smallest absolute Gasteiger partial charge is 0.0273 e. The minimum Gasteiger partial charge on any atom is -0.0654 e. The summed E-state index contributed by atoms with van der Waals surface area (Å²) in [7, 11) is 0. The third kappa shape index (κ3) is 11.1. The molecule has 0 unspecified atom stereocenters. The normalized spacial score (nSPS) is 11.4. The Morgan fingerprint density at radius 2 is 0.645 bits per heavy atom. The van der Waals surface area contributed by atoms with E-state index in [1.807, 2.05) is 5.56 Å². The minimum atomic E-state index is 1.31. The van der Waals surface area contributed by atoms with Crippen LogP contribution in [0.5, 0.6) is 0 Å². The highest BCUT2D eigenvalue weighted by molar-refractivity contribution is 5.47. The third-order valence-corrected chi connectivity index (χ3v) is 7.04. The molecule has 0 fully saturated rings. The standard InChI is InChI=1S/C31H56/c1-6-11-16-21-27-26-28(22-17-12-7-2)30(24-19-14-9-4)31(25-20-15-10-5)29(27)23-18-13-8-3/h26H,6-25H2,1-5H3. The Morgan fingerprint density at radius 1 is 0.355 bits per heavy atom. The summed E-state index contributed by atoms with van der Waals surface area (Å²) in [4.78, 5) is 0. The molecule has 0 heterocycles. The highest BCUT2D eigenvalue weighted by atomic mass is 14.2. The maximum absolute atomic E-state index is 2.71. The summed E-state index contributed by atoms with van der Waals surface area (Å²) in [5, 5.41) is 0. The van der Waals surface area contributed by atoms with Gasteiger partial charge in [0.1, 0.15) is 0 Å². The summed E-state index contributed by atoms with van der Waals surface area (Å²) in [5.41, 5.74) is 8.89. The van der Waals surface area contributed by atoms with Crippen LogP contribution < -0.4 is 0 Å². The lowest BCUT2D eigenvalue weighted by Crippen LogP contribution is -2.10. The van der Waals surface area contributed by atoms with Crippen LogP contribution in [0.3, 0.4) is 0 Å². The second-order valence-electron chi connectivity index (χ2n) is 9.92. The third-order valence-electron chi connectivity index (χ3n) is 7.04. The Kier molecular flexibility index (Phi) is 17.1. The van der Waals surface area contributed by atoms with Gasteiger partial charge in [-0.2, -0.15) is 0 Å². The van der Waals surface area contributed by atoms with Crippen LogP contribution >= 0.6 is 0 Å². The molecule has 0 aliphatic rings. The first-order valence-electron chi connectivity index (χ1n) is 14.4. The Morgan fingerprint density at radius 3 is 0.968 bits per heavy atom. The van der Waals surface area contributed by atoms with Crippen LogP contribution in [-0.2, 0) is 32.1 Å². The molecule has 0 amide bonds. The van der Waals surface area contributed by atoms with Crippen molar-refractivity contribution in [2.24, 2.45) is 0 Å². The van der Waals surface area contributed by atoms with E-state index >= 15 is 0 Å². The highest BCUT2D eigenvalue weighted by Gasteiger charge is 2.17. The molecule has 0 N–H and O–H groups in total. The van der Waals surface area contributed by atoms with E-state index in [-0.39, 0.29) is 0 Å². The lowest BCUT2D eigenvalue weighted by atomic mass is 9.82. The molecule has 0 heteroatoms. The molecule has 0 aliphatic carbocycles. The van der Waals surface area contributed by atoms with Gasteiger partial charge < -0.3 is 0 Å². The summed E-state index contributed by atoms with van der Waals surface area (Å²) < 4.78 is 0. The molecular weight excluding hydrogens is 372 g/mol. The van der Waals surface area contributed by atoms with Crippen molar-refractivity contribution in [1.29, 1.82) is 0 Å². The van der Waals surface area contributed by atoms with E-state index in [4.69, 9.17) is 0 Å². The van der Waals surface area contributed by atoms with Crippen molar-refractivity contribution in [3.8, 4) is 0 Å². The van der Waals surface area contributed by atoms with Crippen LogP contribution in [0.25, 0.3) is 0 Å². The number of unbranched alkanes of at least 4 members (excludes halogenated alkanes) is 10. The minimum absolute atomic E-state index is 1.31. The number of rotatable bonds is 20. The molecule has 0 bridgehead atoms. The van der Waals surface area contributed by atoms with Crippen molar-refractivity contribution in [3.63, 3.8) is 0 Å². The summed E-state index contributed by atoms with van der Waals surface area (Å²) in [6.45, 7) is 11.7. The molecule has 1 aromatic rings. The van der Waals surface area contributed by atoms with Gasteiger partial charge in [-0.05, 0) is 92.0 Å². The van der Waals surface area contributed by atoms with Crippen LogP contribution in [0.15, 0.2) is 6.07 Å². The van der Waals surface area contributed by atoms with Gasteiger partial charge >= 0.3 is 0 Å². The maximum atomic E-state index is 2.71. The number of aryl methyl sites for hydroxylation is 2. The van der Waals surface area contributed by atoms with Gasteiger partial charge in [-0.25, -0.2) is 0 Å². The van der Waals surface area contributed by atoms with Crippen LogP contribution in [0.2, 0.25) is 0 Å². The predicted octanol–water partition coefficient (Wildman–Crippen LogP) is 10.4. The molecule has 0 saturated heterocycles. The zero-order valence-electron chi connectivity index (χ0n) is 22.2. The molecule has 1 aromatic carbocycles. The Hall–Kier alpha value is -0.780. The van der Waals surface area contributed by atoms with Gasteiger partial charge in [-0.3, -0.25) is 0 Å². The van der Waals surface area contributed by atoms with Gasteiger partial charge in [0, 0.05) is 0 Å². The van der Waals surface area contributed by atoms with Gasteiger partial charge in [-0.15, -0.1) is 0 Å². The van der Waals surface area contributed by atoms with Crippen molar-refractivity contribution in [2.45, 2.75) is 163 Å². The fraction of sp³-hybridized carbons (Fsp3) is 0.806. The molecular formula is C31H56. The van der Waals surface area contributed by atoms with Crippen molar-refractivity contribution in [1.82, 2.24) is 0 Å².